The van der Waals surface area contributed by atoms with Crippen LogP contribution in [0.25, 0.3) is 0 Å². The lowest BCUT2D eigenvalue weighted by molar-refractivity contribution is 0.297. The Hall–Kier alpha value is 0.650. The molecule has 0 aromatic heterocycles. The van der Waals surface area contributed by atoms with Crippen LogP contribution in [0.15, 0.2) is 0 Å². The predicted octanol–water partition coefficient (Wildman–Crippen LogP) is 1.12. The van der Waals surface area contributed by atoms with Crippen LogP contribution in [0.3, 0.4) is 0 Å². The molecular formula is C7H13IN2. The predicted molar refractivity (Wildman–Crippen MR) is 50.2 cm³/mol. The molecule has 2 heterocycles. The van der Waals surface area contributed by atoms with Crippen molar-refractivity contribution >= 4 is 22.9 Å². The first-order valence-corrected chi connectivity index (χ1v) is 4.81. The molecule has 0 aromatic rings. The topological polar surface area (TPSA) is 6.25 Å². The van der Waals surface area contributed by atoms with Crippen LogP contribution in [0.2, 0.25) is 0 Å². The van der Waals surface area contributed by atoms with Crippen molar-refractivity contribution in [1.29, 1.82) is 0 Å². The summed E-state index contributed by atoms with van der Waals surface area (Å²) in [6, 6.07) is 0. The molecule has 10 heavy (non-hydrogen) atoms. The average Bonchev–Trinajstić information content (AvgIpc) is 2.53. The lowest BCUT2D eigenvalue weighted by atomic mass is 9.98. The fourth-order valence-corrected chi connectivity index (χ4v) is 2.32. The molecule has 0 amide bonds. The van der Waals surface area contributed by atoms with Crippen molar-refractivity contribution in [3.63, 3.8) is 0 Å². The summed E-state index contributed by atoms with van der Waals surface area (Å²) in [6.45, 7) is 3.91. The van der Waals surface area contributed by atoms with E-state index in [9.17, 15) is 0 Å². The quantitative estimate of drug-likeness (QED) is 0.362. The van der Waals surface area contributed by atoms with Gasteiger partial charge in [-0.25, -0.2) is 3.11 Å². The summed E-state index contributed by atoms with van der Waals surface area (Å²) in [5.74, 6) is 0. The second kappa shape index (κ2) is 2.32. The van der Waals surface area contributed by atoms with E-state index >= 15 is 0 Å². The van der Waals surface area contributed by atoms with Gasteiger partial charge in [0.1, 0.15) is 0 Å². The molecule has 1 unspecified atom stereocenters. The van der Waals surface area contributed by atoms with Crippen LogP contribution in [-0.4, -0.2) is 40.2 Å². The largest absolute Gasteiger partial charge is 0.297 e. The van der Waals surface area contributed by atoms with E-state index in [1.165, 1.54) is 32.5 Å². The molecule has 58 valence electrons. The number of nitrogens with zero attached hydrogens (tertiary/aromatic N) is 2. The molecular weight excluding hydrogens is 239 g/mol. The van der Waals surface area contributed by atoms with Gasteiger partial charge in [-0.3, -0.25) is 4.90 Å². The molecule has 0 saturated carbocycles. The van der Waals surface area contributed by atoms with Gasteiger partial charge >= 0.3 is 0 Å². The number of halogens is 1. The van der Waals surface area contributed by atoms with Gasteiger partial charge in [0.2, 0.25) is 0 Å². The van der Waals surface area contributed by atoms with Gasteiger partial charge in [-0.05, 0) is 19.9 Å². The van der Waals surface area contributed by atoms with Crippen molar-refractivity contribution in [2.45, 2.75) is 18.4 Å². The zero-order chi connectivity index (χ0) is 7.19. The molecule has 0 bridgehead atoms. The van der Waals surface area contributed by atoms with Crippen molar-refractivity contribution in [2.24, 2.45) is 0 Å². The summed E-state index contributed by atoms with van der Waals surface area (Å²) in [5, 5.41) is 0. The third kappa shape index (κ3) is 1.08. The normalized spacial score (nSPS) is 38.4. The Morgan fingerprint density at radius 1 is 1.30 bits per heavy atom. The Kier molecular flexibility index (Phi) is 1.69. The minimum Gasteiger partial charge on any atom is -0.297 e. The summed E-state index contributed by atoms with van der Waals surface area (Å²) in [6.07, 6.45) is 2.76. The van der Waals surface area contributed by atoms with Crippen LogP contribution in [0.4, 0.5) is 0 Å². The lowest BCUT2D eigenvalue weighted by Crippen LogP contribution is -2.33. The molecule has 2 nitrogen and oxygen atoms in total. The van der Waals surface area contributed by atoms with Gasteiger partial charge in [0, 0.05) is 48.0 Å². The first-order valence-electron chi connectivity index (χ1n) is 3.85. The van der Waals surface area contributed by atoms with Crippen LogP contribution >= 0.6 is 22.9 Å². The fourth-order valence-electron chi connectivity index (χ4n) is 1.84. The van der Waals surface area contributed by atoms with Gasteiger partial charge in [0.25, 0.3) is 0 Å². The maximum Gasteiger partial charge on any atom is 0.0359 e. The summed E-state index contributed by atoms with van der Waals surface area (Å²) in [7, 11) is 2.24. The summed E-state index contributed by atoms with van der Waals surface area (Å²) < 4.78 is 2.40. The highest BCUT2D eigenvalue weighted by molar-refractivity contribution is 14.1. The van der Waals surface area contributed by atoms with E-state index in [2.05, 4.69) is 37.9 Å². The minimum absolute atomic E-state index is 0.654. The van der Waals surface area contributed by atoms with Crippen LogP contribution < -0.4 is 0 Å². The first-order chi connectivity index (χ1) is 4.73. The Balaban J connectivity index is 1.93. The minimum atomic E-state index is 0.654. The molecule has 0 N–H and O–H groups in total. The molecule has 3 heteroatoms. The zero-order valence-corrected chi connectivity index (χ0v) is 8.47. The van der Waals surface area contributed by atoms with Crippen LogP contribution in [0.1, 0.15) is 12.8 Å². The summed E-state index contributed by atoms with van der Waals surface area (Å²) >= 11 is 2.42. The number of likely N-dealkylation sites (N-methyl/N-ethyl adjacent to an activating group) is 1. The van der Waals surface area contributed by atoms with Gasteiger partial charge in [-0.1, -0.05) is 0 Å². The maximum absolute atomic E-state index is 2.48. The molecule has 2 saturated heterocycles. The van der Waals surface area contributed by atoms with Crippen LogP contribution in [0, 0.1) is 0 Å². The van der Waals surface area contributed by atoms with E-state index in [0.717, 1.165) is 0 Å². The van der Waals surface area contributed by atoms with Crippen LogP contribution in [0.5, 0.6) is 0 Å². The van der Waals surface area contributed by atoms with Crippen molar-refractivity contribution in [2.75, 3.05) is 26.7 Å². The molecule has 0 aliphatic carbocycles. The van der Waals surface area contributed by atoms with Crippen molar-refractivity contribution in [1.82, 2.24) is 8.01 Å². The van der Waals surface area contributed by atoms with Gasteiger partial charge in [-0.2, -0.15) is 0 Å². The smallest absolute Gasteiger partial charge is 0.0359 e. The molecule has 1 spiro atoms. The lowest BCUT2D eigenvalue weighted by Gasteiger charge is -2.27. The van der Waals surface area contributed by atoms with E-state index in [4.69, 9.17) is 0 Å². The number of piperidine rings is 1. The van der Waals surface area contributed by atoms with Gasteiger partial charge in [-0.15, -0.1) is 0 Å². The highest BCUT2D eigenvalue weighted by Gasteiger charge is 2.49. The highest BCUT2D eigenvalue weighted by atomic mass is 127. The van der Waals surface area contributed by atoms with E-state index < -0.39 is 0 Å². The van der Waals surface area contributed by atoms with Crippen molar-refractivity contribution in [3.8, 4) is 0 Å². The number of hydrogen-bond acceptors (Lipinski definition) is 2. The second-order valence-corrected chi connectivity index (χ2v) is 4.85. The van der Waals surface area contributed by atoms with Crippen molar-refractivity contribution < 1.29 is 0 Å². The fraction of sp³-hybridized carbons (Fsp3) is 1.00. The summed E-state index contributed by atoms with van der Waals surface area (Å²) in [5.41, 5.74) is 0.654. The van der Waals surface area contributed by atoms with E-state index in [1.54, 1.807) is 0 Å². The second-order valence-electron chi connectivity index (χ2n) is 3.49. The van der Waals surface area contributed by atoms with Crippen LogP contribution in [-0.2, 0) is 0 Å². The molecule has 2 aliphatic heterocycles. The first kappa shape index (κ1) is 7.31. The number of rotatable bonds is 0. The van der Waals surface area contributed by atoms with Gasteiger partial charge in [0.15, 0.2) is 0 Å². The Bertz CT molecular complexity index is 141. The van der Waals surface area contributed by atoms with Crippen molar-refractivity contribution in [3.05, 3.63) is 0 Å². The number of hydrogen-bond donors (Lipinski definition) is 0. The standard InChI is InChI=1S/C7H13IN2/c1-9-6-7(9)2-4-10(8)5-3-7/h2-6H2,1H3. The Labute approximate surface area is 76.1 Å². The Morgan fingerprint density at radius 3 is 2.20 bits per heavy atom. The molecule has 0 radical (unpaired) electrons. The van der Waals surface area contributed by atoms with E-state index in [-0.39, 0.29) is 0 Å². The third-order valence-corrected chi connectivity index (χ3v) is 3.84. The third-order valence-electron chi connectivity index (χ3n) is 2.88. The molecule has 2 fully saturated rings. The van der Waals surface area contributed by atoms with E-state index in [1.807, 2.05) is 0 Å². The molecule has 0 aromatic carbocycles. The SMILES string of the molecule is CN1CC12CCN(I)CC2. The maximum atomic E-state index is 2.48. The molecule has 2 rings (SSSR count). The highest BCUT2D eigenvalue weighted by Crippen LogP contribution is 2.40. The van der Waals surface area contributed by atoms with Gasteiger partial charge < -0.3 is 0 Å². The molecule has 1 atom stereocenters. The summed E-state index contributed by atoms with van der Waals surface area (Å²) in [4.78, 5) is 2.48. The van der Waals surface area contributed by atoms with E-state index in [0.29, 0.717) is 5.54 Å². The average molecular weight is 252 g/mol. The monoisotopic (exact) mass is 252 g/mol. The molecule has 2 aliphatic rings. The Morgan fingerprint density at radius 2 is 1.80 bits per heavy atom. The van der Waals surface area contributed by atoms with Gasteiger partial charge in [0.05, 0.1) is 0 Å². The zero-order valence-electron chi connectivity index (χ0n) is 6.31.